The highest BCUT2D eigenvalue weighted by atomic mass is 16.5. The predicted octanol–water partition coefficient (Wildman–Crippen LogP) is 8.01. The summed E-state index contributed by atoms with van der Waals surface area (Å²) < 4.78 is 20.3. The van der Waals surface area contributed by atoms with E-state index in [1.807, 2.05) is 66.9 Å². The maximum atomic E-state index is 6.36. The van der Waals surface area contributed by atoms with Crippen molar-refractivity contribution in [2.24, 2.45) is 0 Å². The number of pyridine rings is 2. The van der Waals surface area contributed by atoms with Crippen LogP contribution >= 0.6 is 0 Å². The molecule has 0 N–H and O–H groups in total. The van der Waals surface area contributed by atoms with Gasteiger partial charge in [-0.05, 0) is 60.7 Å². The first-order valence-corrected chi connectivity index (χ1v) is 11.7. The van der Waals surface area contributed by atoms with Crippen molar-refractivity contribution in [3.8, 4) is 17.3 Å². The molecule has 3 aromatic carbocycles. The zero-order valence-electron chi connectivity index (χ0n) is 18.9. The van der Waals surface area contributed by atoms with Crippen molar-refractivity contribution in [2.75, 3.05) is 0 Å². The third kappa shape index (κ3) is 2.72. The molecule has 0 bridgehead atoms. The van der Waals surface area contributed by atoms with Crippen LogP contribution in [-0.2, 0) is 0 Å². The van der Waals surface area contributed by atoms with Crippen molar-refractivity contribution in [1.82, 2.24) is 14.5 Å². The number of nitrogens with zero attached hydrogens (tertiary/aromatic N) is 3. The van der Waals surface area contributed by atoms with Gasteiger partial charge < -0.3 is 13.6 Å². The Hall–Kier alpha value is -5.10. The minimum Gasteiger partial charge on any atom is -0.457 e. The number of aromatic nitrogens is 3. The Morgan fingerprint density at radius 1 is 0.611 bits per heavy atom. The fraction of sp³-hybridized carbons (Fsp3) is 0. The minimum atomic E-state index is 0.470. The summed E-state index contributed by atoms with van der Waals surface area (Å²) in [7, 11) is 0. The first-order chi connectivity index (χ1) is 17.8. The third-order valence-corrected chi connectivity index (χ3v) is 6.60. The van der Waals surface area contributed by atoms with Crippen LogP contribution in [0.2, 0.25) is 0 Å². The topological polar surface area (TPSA) is 66.2 Å². The van der Waals surface area contributed by atoms with Gasteiger partial charge in [-0.25, -0.2) is 4.98 Å². The third-order valence-electron chi connectivity index (χ3n) is 6.60. The number of hydrogen-bond acceptors (Lipinski definition) is 5. The van der Waals surface area contributed by atoms with E-state index in [1.165, 1.54) is 5.39 Å². The molecule has 6 nitrogen and oxygen atoms in total. The van der Waals surface area contributed by atoms with Gasteiger partial charge in [0, 0.05) is 34.6 Å². The molecule has 0 aliphatic heterocycles. The van der Waals surface area contributed by atoms with Crippen molar-refractivity contribution in [3.63, 3.8) is 0 Å². The smallest absolute Gasteiger partial charge is 0.301 e. The molecule has 6 heteroatoms. The molecule has 0 amide bonds. The van der Waals surface area contributed by atoms with Crippen LogP contribution in [0.5, 0.6) is 11.5 Å². The van der Waals surface area contributed by atoms with Crippen LogP contribution in [0, 0.1) is 0 Å². The molecule has 0 unspecified atom stereocenters. The number of rotatable bonds is 3. The quantitative estimate of drug-likeness (QED) is 0.263. The fourth-order valence-electron chi connectivity index (χ4n) is 5.06. The van der Waals surface area contributed by atoms with E-state index in [9.17, 15) is 0 Å². The summed E-state index contributed by atoms with van der Waals surface area (Å²) in [5, 5.41) is 4.08. The van der Waals surface area contributed by atoms with Crippen molar-refractivity contribution in [2.45, 2.75) is 0 Å². The lowest BCUT2D eigenvalue weighted by molar-refractivity contribution is 0.483. The molecule has 0 saturated heterocycles. The van der Waals surface area contributed by atoms with Crippen LogP contribution in [-0.4, -0.2) is 14.5 Å². The molecular weight excluding hydrogens is 450 g/mol. The number of fused-ring (bicyclic) bond motifs is 8. The van der Waals surface area contributed by atoms with Gasteiger partial charge in [0.15, 0.2) is 5.58 Å². The Morgan fingerprint density at radius 2 is 1.42 bits per heavy atom. The average molecular weight is 467 g/mol. The molecule has 36 heavy (non-hydrogen) atoms. The van der Waals surface area contributed by atoms with Crippen LogP contribution in [0.1, 0.15) is 0 Å². The highest BCUT2D eigenvalue weighted by molar-refractivity contribution is 6.16. The average Bonchev–Trinajstić information content (AvgIpc) is 3.56. The van der Waals surface area contributed by atoms with Crippen LogP contribution in [0.4, 0.5) is 0 Å². The van der Waals surface area contributed by atoms with E-state index in [-0.39, 0.29) is 0 Å². The zero-order valence-corrected chi connectivity index (χ0v) is 18.9. The molecule has 5 heterocycles. The van der Waals surface area contributed by atoms with Gasteiger partial charge in [-0.1, -0.05) is 24.3 Å². The molecule has 0 radical (unpaired) electrons. The second kappa shape index (κ2) is 7.20. The first-order valence-electron chi connectivity index (χ1n) is 11.7. The molecule has 5 aromatic heterocycles. The lowest BCUT2D eigenvalue weighted by Gasteiger charge is -2.09. The Bertz CT molecular complexity index is 2080. The van der Waals surface area contributed by atoms with Crippen LogP contribution in [0.3, 0.4) is 0 Å². The van der Waals surface area contributed by atoms with Crippen LogP contribution in [0.15, 0.2) is 112 Å². The second-order valence-electron chi connectivity index (χ2n) is 8.70. The molecule has 0 atom stereocenters. The van der Waals surface area contributed by atoms with Crippen LogP contribution < -0.4 is 4.74 Å². The molecule has 0 saturated carbocycles. The summed E-state index contributed by atoms with van der Waals surface area (Å²) in [6.45, 7) is 0. The van der Waals surface area contributed by atoms with E-state index in [1.54, 1.807) is 6.20 Å². The molecule has 0 aliphatic carbocycles. The minimum absolute atomic E-state index is 0.470. The normalized spacial score (nSPS) is 11.9. The Balaban J connectivity index is 1.29. The van der Waals surface area contributed by atoms with Gasteiger partial charge in [0.25, 0.3) is 0 Å². The highest BCUT2D eigenvalue weighted by Gasteiger charge is 2.18. The standard InChI is InChI=1S/C30H17N3O3/c1-2-7-23-20(6-1)21-12-10-19(17-24(21)33(23)27-9-3-4-14-31-27)34-18-11-13-25-22(16-18)28-29-26(8-5-15-32-29)36-30(28)35-25/h1-17H. The van der Waals surface area contributed by atoms with Gasteiger partial charge in [-0.2, -0.15) is 0 Å². The van der Waals surface area contributed by atoms with E-state index in [0.29, 0.717) is 17.1 Å². The van der Waals surface area contributed by atoms with Crippen LogP contribution in [0.25, 0.3) is 60.9 Å². The lowest BCUT2D eigenvalue weighted by Crippen LogP contribution is -1.96. The highest BCUT2D eigenvalue weighted by Crippen LogP contribution is 2.39. The Labute approximate surface area is 204 Å². The van der Waals surface area contributed by atoms with Gasteiger partial charge in [0.1, 0.15) is 28.4 Å². The Morgan fingerprint density at radius 3 is 2.36 bits per heavy atom. The van der Waals surface area contributed by atoms with E-state index in [2.05, 4.69) is 44.9 Å². The summed E-state index contributed by atoms with van der Waals surface area (Å²) in [5.41, 5.74) is 4.35. The zero-order chi connectivity index (χ0) is 23.6. The summed E-state index contributed by atoms with van der Waals surface area (Å²) in [6.07, 6.45) is 3.57. The maximum Gasteiger partial charge on any atom is 0.301 e. The maximum absolute atomic E-state index is 6.36. The number of hydrogen-bond donors (Lipinski definition) is 0. The monoisotopic (exact) mass is 467 g/mol. The predicted molar refractivity (Wildman–Crippen MR) is 140 cm³/mol. The first kappa shape index (κ1) is 19.2. The SMILES string of the molecule is c1ccc(-n2c3ccccc3c3ccc(Oc4ccc5oc6oc7cccnc7c6c5c4)cc32)nc1. The van der Waals surface area contributed by atoms with Crippen molar-refractivity contribution in [3.05, 3.63) is 103 Å². The molecular formula is C30H17N3O3. The van der Waals surface area contributed by atoms with E-state index in [0.717, 1.165) is 49.9 Å². The molecule has 8 aromatic rings. The summed E-state index contributed by atoms with van der Waals surface area (Å²) in [6, 6.07) is 30.0. The van der Waals surface area contributed by atoms with Gasteiger partial charge >= 0.3 is 5.78 Å². The van der Waals surface area contributed by atoms with E-state index < -0.39 is 0 Å². The van der Waals surface area contributed by atoms with E-state index in [4.69, 9.17) is 13.6 Å². The van der Waals surface area contributed by atoms with Crippen molar-refractivity contribution >= 4 is 55.0 Å². The molecule has 0 aliphatic rings. The molecule has 0 fully saturated rings. The fourth-order valence-corrected chi connectivity index (χ4v) is 5.06. The van der Waals surface area contributed by atoms with Gasteiger partial charge in [0.05, 0.1) is 16.4 Å². The van der Waals surface area contributed by atoms with E-state index >= 15 is 0 Å². The summed E-state index contributed by atoms with van der Waals surface area (Å²) in [4.78, 5) is 9.10. The summed E-state index contributed by atoms with van der Waals surface area (Å²) in [5.74, 6) is 2.77. The number of para-hydroxylation sites is 1. The largest absolute Gasteiger partial charge is 0.457 e. The molecule has 8 rings (SSSR count). The molecule has 170 valence electrons. The summed E-state index contributed by atoms with van der Waals surface area (Å²) >= 11 is 0. The van der Waals surface area contributed by atoms with Gasteiger partial charge in [-0.3, -0.25) is 9.55 Å². The Kier molecular flexibility index (Phi) is 3.85. The van der Waals surface area contributed by atoms with Gasteiger partial charge in [0.2, 0.25) is 0 Å². The lowest BCUT2D eigenvalue weighted by atomic mass is 10.1. The molecule has 0 spiro atoms. The second-order valence-corrected chi connectivity index (χ2v) is 8.70. The van der Waals surface area contributed by atoms with Crippen molar-refractivity contribution in [1.29, 1.82) is 0 Å². The van der Waals surface area contributed by atoms with Crippen molar-refractivity contribution < 1.29 is 13.6 Å². The number of furan rings is 2. The van der Waals surface area contributed by atoms with Gasteiger partial charge in [-0.15, -0.1) is 0 Å². The number of ether oxygens (including phenoxy) is 1. The number of benzene rings is 3.